The van der Waals surface area contributed by atoms with Crippen LogP contribution < -0.4 is 5.32 Å². The van der Waals surface area contributed by atoms with Gasteiger partial charge in [-0.3, -0.25) is 9.78 Å². The number of rotatable bonds is 4. The number of fused-ring (bicyclic) bond motifs is 1. The summed E-state index contributed by atoms with van der Waals surface area (Å²) in [5, 5.41) is 4.43. The molecule has 0 saturated carbocycles. The number of benzene rings is 1. The molecule has 0 aliphatic carbocycles. The van der Waals surface area contributed by atoms with Crippen molar-refractivity contribution in [2.75, 3.05) is 13.1 Å². The lowest BCUT2D eigenvalue weighted by atomic mass is 10.1. The van der Waals surface area contributed by atoms with Gasteiger partial charge in [-0.05, 0) is 57.5 Å². The van der Waals surface area contributed by atoms with Gasteiger partial charge >= 0.3 is 0 Å². The van der Waals surface area contributed by atoms with Crippen molar-refractivity contribution in [3.8, 4) is 0 Å². The summed E-state index contributed by atoms with van der Waals surface area (Å²) < 4.78 is 5.97. The van der Waals surface area contributed by atoms with Crippen LogP contribution in [0.2, 0.25) is 0 Å². The number of nitrogens with zero attached hydrogens (tertiary/aromatic N) is 2. The van der Waals surface area contributed by atoms with Crippen LogP contribution in [-0.2, 0) is 6.54 Å². The molecule has 1 fully saturated rings. The van der Waals surface area contributed by atoms with Crippen LogP contribution in [0.5, 0.6) is 0 Å². The lowest BCUT2D eigenvalue weighted by Crippen LogP contribution is -2.40. The minimum absolute atomic E-state index is 0. The maximum absolute atomic E-state index is 13.5. The minimum atomic E-state index is -0.0405. The van der Waals surface area contributed by atoms with Crippen molar-refractivity contribution in [3.63, 3.8) is 0 Å². The molecule has 1 N–H and O–H groups in total. The van der Waals surface area contributed by atoms with Gasteiger partial charge in [0, 0.05) is 23.2 Å². The highest BCUT2D eigenvalue weighted by Gasteiger charge is 2.29. The molecule has 5 nitrogen and oxygen atoms in total. The Labute approximate surface area is 171 Å². The number of hydrogen-bond acceptors (Lipinski definition) is 4. The number of aryl methyl sites for hydroxylation is 1. The average molecular weight is 400 g/mol. The van der Waals surface area contributed by atoms with Crippen molar-refractivity contribution in [2.24, 2.45) is 0 Å². The van der Waals surface area contributed by atoms with Crippen molar-refractivity contribution in [1.82, 2.24) is 15.2 Å². The highest BCUT2D eigenvalue weighted by Crippen LogP contribution is 2.28. The molecule has 148 valence electrons. The molecule has 1 amide bonds. The van der Waals surface area contributed by atoms with Gasteiger partial charge in [0.25, 0.3) is 5.91 Å². The van der Waals surface area contributed by atoms with Crippen LogP contribution in [0.1, 0.15) is 41.1 Å². The number of pyridine rings is 1. The number of carbonyl (C=O) groups excluding carboxylic acids is 1. The van der Waals surface area contributed by atoms with Gasteiger partial charge in [0.15, 0.2) is 5.76 Å². The number of amides is 1. The standard InChI is InChI=1S/C22H25N3O2.ClH/c1-16-19-9-2-3-10-20(19)27-21(16)22(26)25(15-17-7-4-5-13-24-17)18-8-6-12-23-14-11-18;/h2-5,7,9-10,13,18,23H,6,8,11-12,14-15H2,1H3;1H. The van der Waals surface area contributed by atoms with Gasteiger partial charge in [-0.25, -0.2) is 0 Å². The first-order valence-electron chi connectivity index (χ1n) is 9.64. The normalized spacial score (nSPS) is 17.0. The van der Waals surface area contributed by atoms with Crippen LogP contribution in [0.4, 0.5) is 0 Å². The van der Waals surface area contributed by atoms with Crippen LogP contribution in [0.3, 0.4) is 0 Å². The first kappa shape index (κ1) is 20.4. The van der Waals surface area contributed by atoms with E-state index in [0.29, 0.717) is 12.3 Å². The second-order valence-corrected chi connectivity index (χ2v) is 7.14. The second-order valence-electron chi connectivity index (χ2n) is 7.14. The average Bonchev–Trinajstić information content (AvgIpc) is 2.87. The van der Waals surface area contributed by atoms with E-state index < -0.39 is 0 Å². The Morgan fingerprint density at radius 1 is 1.18 bits per heavy atom. The Balaban J connectivity index is 0.00000225. The summed E-state index contributed by atoms with van der Waals surface area (Å²) in [7, 11) is 0. The summed E-state index contributed by atoms with van der Waals surface area (Å²) in [4.78, 5) is 19.9. The lowest BCUT2D eigenvalue weighted by Gasteiger charge is -2.30. The third kappa shape index (κ3) is 4.21. The van der Waals surface area contributed by atoms with Gasteiger partial charge in [-0.1, -0.05) is 24.3 Å². The fourth-order valence-corrected chi connectivity index (χ4v) is 3.85. The molecule has 3 aromatic rings. The monoisotopic (exact) mass is 399 g/mol. The molecule has 28 heavy (non-hydrogen) atoms. The molecule has 1 saturated heterocycles. The van der Waals surface area contributed by atoms with Crippen LogP contribution in [0, 0.1) is 6.92 Å². The van der Waals surface area contributed by atoms with E-state index in [1.165, 1.54) is 0 Å². The predicted molar refractivity (Wildman–Crippen MR) is 113 cm³/mol. The zero-order valence-electron chi connectivity index (χ0n) is 16.1. The smallest absolute Gasteiger partial charge is 0.290 e. The Kier molecular flexibility index (Phi) is 6.70. The first-order valence-corrected chi connectivity index (χ1v) is 9.64. The molecular formula is C22H26ClN3O2. The summed E-state index contributed by atoms with van der Waals surface area (Å²) >= 11 is 0. The SMILES string of the molecule is Cc1c(C(=O)N(Cc2ccccn2)C2CCCNCC2)oc2ccccc12.Cl. The van der Waals surface area contributed by atoms with Crippen LogP contribution in [0.15, 0.2) is 53.1 Å². The summed E-state index contributed by atoms with van der Waals surface area (Å²) in [5.41, 5.74) is 2.57. The summed E-state index contributed by atoms with van der Waals surface area (Å²) in [5.74, 6) is 0.408. The molecule has 0 bridgehead atoms. The van der Waals surface area contributed by atoms with Crippen LogP contribution in [0.25, 0.3) is 11.0 Å². The third-order valence-electron chi connectivity index (χ3n) is 5.34. The van der Waals surface area contributed by atoms with Crippen molar-refractivity contribution in [3.05, 3.63) is 65.7 Å². The van der Waals surface area contributed by atoms with E-state index in [4.69, 9.17) is 4.42 Å². The maximum atomic E-state index is 13.5. The maximum Gasteiger partial charge on any atom is 0.290 e. The molecule has 4 rings (SSSR count). The number of para-hydroxylation sites is 1. The molecular weight excluding hydrogens is 374 g/mol. The summed E-state index contributed by atoms with van der Waals surface area (Å²) in [6.07, 6.45) is 4.78. The van der Waals surface area contributed by atoms with E-state index in [-0.39, 0.29) is 24.4 Å². The van der Waals surface area contributed by atoms with Gasteiger partial charge in [-0.2, -0.15) is 0 Å². The lowest BCUT2D eigenvalue weighted by molar-refractivity contribution is 0.0611. The van der Waals surface area contributed by atoms with Crippen molar-refractivity contribution in [1.29, 1.82) is 0 Å². The molecule has 2 aromatic heterocycles. The Bertz CT molecular complexity index is 918. The fourth-order valence-electron chi connectivity index (χ4n) is 3.85. The largest absolute Gasteiger partial charge is 0.451 e. The van der Waals surface area contributed by atoms with Gasteiger partial charge in [0.05, 0.1) is 12.2 Å². The number of nitrogens with one attached hydrogen (secondary N) is 1. The van der Waals surface area contributed by atoms with E-state index in [2.05, 4.69) is 10.3 Å². The number of halogens is 1. The van der Waals surface area contributed by atoms with Gasteiger partial charge in [-0.15, -0.1) is 12.4 Å². The molecule has 3 heterocycles. The minimum Gasteiger partial charge on any atom is -0.451 e. The Morgan fingerprint density at radius 2 is 2.00 bits per heavy atom. The zero-order chi connectivity index (χ0) is 18.6. The quantitative estimate of drug-likeness (QED) is 0.708. The van der Waals surface area contributed by atoms with Crippen molar-refractivity contribution >= 4 is 29.3 Å². The number of carbonyl (C=O) groups is 1. The number of furan rings is 1. The third-order valence-corrected chi connectivity index (χ3v) is 5.34. The van der Waals surface area contributed by atoms with Crippen molar-refractivity contribution in [2.45, 2.75) is 38.8 Å². The molecule has 1 unspecified atom stereocenters. The zero-order valence-corrected chi connectivity index (χ0v) is 16.9. The van der Waals surface area contributed by atoms with E-state index in [1.54, 1.807) is 6.20 Å². The second kappa shape index (κ2) is 9.22. The highest BCUT2D eigenvalue weighted by atomic mass is 35.5. The molecule has 1 aliphatic heterocycles. The molecule has 0 radical (unpaired) electrons. The van der Waals surface area contributed by atoms with E-state index in [0.717, 1.165) is 54.6 Å². The summed E-state index contributed by atoms with van der Waals surface area (Å²) in [6, 6.07) is 13.8. The van der Waals surface area contributed by atoms with Gasteiger partial charge in [0.2, 0.25) is 0 Å². The van der Waals surface area contributed by atoms with E-state index >= 15 is 0 Å². The number of hydrogen-bond donors (Lipinski definition) is 1. The Morgan fingerprint density at radius 3 is 2.79 bits per heavy atom. The fraction of sp³-hybridized carbons (Fsp3) is 0.364. The van der Waals surface area contributed by atoms with Gasteiger partial charge < -0.3 is 14.6 Å². The molecule has 1 aromatic carbocycles. The predicted octanol–water partition coefficient (Wildman–Crippen LogP) is 4.34. The molecule has 0 spiro atoms. The molecule has 6 heteroatoms. The van der Waals surface area contributed by atoms with Gasteiger partial charge in [0.1, 0.15) is 5.58 Å². The topological polar surface area (TPSA) is 58.4 Å². The van der Waals surface area contributed by atoms with E-state index in [1.807, 2.05) is 54.3 Å². The Hall–Kier alpha value is -2.37. The first-order chi connectivity index (χ1) is 13.2. The molecule has 1 atom stereocenters. The molecule has 1 aliphatic rings. The van der Waals surface area contributed by atoms with Crippen LogP contribution >= 0.6 is 12.4 Å². The highest BCUT2D eigenvalue weighted by molar-refractivity contribution is 5.99. The van der Waals surface area contributed by atoms with E-state index in [9.17, 15) is 4.79 Å². The van der Waals surface area contributed by atoms with Crippen molar-refractivity contribution < 1.29 is 9.21 Å². The summed E-state index contributed by atoms with van der Waals surface area (Å²) in [6.45, 7) is 4.40. The number of aromatic nitrogens is 1. The van der Waals surface area contributed by atoms with Crippen LogP contribution in [-0.4, -0.2) is 34.9 Å².